The van der Waals surface area contributed by atoms with E-state index < -0.39 is 0 Å². The van der Waals surface area contributed by atoms with Gasteiger partial charge in [-0.2, -0.15) is 0 Å². The number of aryl methyl sites for hydroxylation is 2. The molecule has 0 unspecified atom stereocenters. The maximum Gasteiger partial charge on any atom is 0.224 e. The highest BCUT2D eigenvalue weighted by Gasteiger charge is 2.11. The number of amides is 2. The van der Waals surface area contributed by atoms with Crippen molar-refractivity contribution in [2.45, 2.75) is 33.1 Å². The smallest absolute Gasteiger partial charge is 0.224 e. The summed E-state index contributed by atoms with van der Waals surface area (Å²) in [6.07, 6.45) is 1.29. The standard InChI is InChI=1S/C17H21N3O3/c1-11-15(12(2)23-20-11)8-9-16(21)19-14-6-4-13(5-7-14)10-17(22)18-3/h4-7H,8-10H2,1-3H3,(H,18,22)(H,19,21). The van der Waals surface area contributed by atoms with E-state index in [-0.39, 0.29) is 11.8 Å². The van der Waals surface area contributed by atoms with Gasteiger partial charge in [-0.15, -0.1) is 0 Å². The Labute approximate surface area is 135 Å². The second kappa shape index (κ2) is 7.58. The van der Waals surface area contributed by atoms with Crippen LogP contribution in [0, 0.1) is 13.8 Å². The average molecular weight is 315 g/mol. The van der Waals surface area contributed by atoms with Gasteiger partial charge < -0.3 is 15.2 Å². The summed E-state index contributed by atoms with van der Waals surface area (Å²) in [5.41, 5.74) is 3.43. The van der Waals surface area contributed by atoms with Crippen molar-refractivity contribution >= 4 is 17.5 Å². The summed E-state index contributed by atoms with van der Waals surface area (Å²) < 4.78 is 5.09. The van der Waals surface area contributed by atoms with Gasteiger partial charge in [0.25, 0.3) is 0 Å². The minimum atomic E-state index is -0.0657. The first-order chi connectivity index (χ1) is 11.0. The van der Waals surface area contributed by atoms with E-state index in [4.69, 9.17) is 4.52 Å². The second-order valence-electron chi connectivity index (χ2n) is 5.40. The Morgan fingerprint density at radius 2 is 1.83 bits per heavy atom. The van der Waals surface area contributed by atoms with Crippen LogP contribution in [0.25, 0.3) is 0 Å². The first-order valence-electron chi connectivity index (χ1n) is 7.50. The fourth-order valence-corrected chi connectivity index (χ4v) is 2.30. The number of benzene rings is 1. The Hall–Kier alpha value is -2.63. The zero-order valence-corrected chi connectivity index (χ0v) is 13.6. The topological polar surface area (TPSA) is 84.2 Å². The first kappa shape index (κ1) is 16.7. The van der Waals surface area contributed by atoms with E-state index in [0.29, 0.717) is 19.3 Å². The predicted molar refractivity (Wildman–Crippen MR) is 87.1 cm³/mol. The van der Waals surface area contributed by atoms with Gasteiger partial charge in [-0.1, -0.05) is 17.3 Å². The summed E-state index contributed by atoms with van der Waals surface area (Å²) in [5.74, 6) is 0.652. The summed E-state index contributed by atoms with van der Waals surface area (Å²) in [5, 5.41) is 9.30. The number of rotatable bonds is 6. The van der Waals surface area contributed by atoms with Crippen molar-refractivity contribution in [3.8, 4) is 0 Å². The van der Waals surface area contributed by atoms with Gasteiger partial charge in [-0.3, -0.25) is 9.59 Å². The monoisotopic (exact) mass is 315 g/mol. The number of anilines is 1. The van der Waals surface area contributed by atoms with Crippen molar-refractivity contribution in [2.75, 3.05) is 12.4 Å². The second-order valence-corrected chi connectivity index (χ2v) is 5.40. The molecule has 2 aromatic rings. The molecule has 2 rings (SSSR count). The van der Waals surface area contributed by atoms with Gasteiger partial charge in [0, 0.05) is 24.7 Å². The van der Waals surface area contributed by atoms with Gasteiger partial charge in [0.05, 0.1) is 12.1 Å². The van der Waals surface area contributed by atoms with Crippen molar-refractivity contribution in [1.82, 2.24) is 10.5 Å². The minimum Gasteiger partial charge on any atom is -0.361 e. The lowest BCUT2D eigenvalue weighted by atomic mass is 10.1. The number of hydrogen-bond acceptors (Lipinski definition) is 4. The molecule has 1 aromatic heterocycles. The number of hydrogen-bond donors (Lipinski definition) is 2. The van der Waals surface area contributed by atoms with Gasteiger partial charge in [-0.05, 0) is 38.0 Å². The number of carbonyl (C=O) groups is 2. The van der Waals surface area contributed by atoms with E-state index in [1.54, 1.807) is 19.2 Å². The Morgan fingerprint density at radius 3 is 2.39 bits per heavy atom. The third-order valence-electron chi connectivity index (χ3n) is 3.66. The maximum absolute atomic E-state index is 12.0. The molecule has 23 heavy (non-hydrogen) atoms. The highest BCUT2D eigenvalue weighted by atomic mass is 16.5. The molecule has 0 radical (unpaired) electrons. The van der Waals surface area contributed by atoms with Crippen LogP contribution in [0.15, 0.2) is 28.8 Å². The van der Waals surface area contributed by atoms with Crippen LogP contribution in [0.1, 0.15) is 29.0 Å². The Balaban J connectivity index is 1.86. The van der Waals surface area contributed by atoms with Crippen molar-refractivity contribution in [3.05, 3.63) is 46.8 Å². The average Bonchev–Trinajstić information content (AvgIpc) is 2.85. The molecule has 0 bridgehead atoms. The molecule has 0 atom stereocenters. The molecule has 0 saturated carbocycles. The SMILES string of the molecule is CNC(=O)Cc1ccc(NC(=O)CCc2c(C)noc2C)cc1. The van der Waals surface area contributed by atoms with Crippen LogP contribution in [0.4, 0.5) is 5.69 Å². The molecule has 0 aliphatic heterocycles. The van der Waals surface area contributed by atoms with Gasteiger partial charge >= 0.3 is 0 Å². The lowest BCUT2D eigenvalue weighted by Gasteiger charge is -2.06. The summed E-state index contributed by atoms with van der Waals surface area (Å²) in [7, 11) is 1.61. The highest BCUT2D eigenvalue weighted by molar-refractivity contribution is 5.91. The molecule has 2 amide bonds. The Bertz CT molecular complexity index is 670. The molecule has 1 heterocycles. The minimum absolute atomic E-state index is 0.0405. The molecule has 6 heteroatoms. The number of likely N-dealkylation sites (N-methyl/N-ethyl adjacent to an activating group) is 1. The first-order valence-corrected chi connectivity index (χ1v) is 7.50. The fraction of sp³-hybridized carbons (Fsp3) is 0.353. The third kappa shape index (κ3) is 4.67. The van der Waals surface area contributed by atoms with Crippen molar-refractivity contribution in [3.63, 3.8) is 0 Å². The van der Waals surface area contributed by atoms with Crippen LogP contribution in [-0.4, -0.2) is 24.0 Å². The molecule has 0 saturated heterocycles. The van der Waals surface area contributed by atoms with Gasteiger partial charge in [0.15, 0.2) is 0 Å². The van der Waals surface area contributed by atoms with E-state index in [1.165, 1.54) is 0 Å². The lowest BCUT2D eigenvalue weighted by Crippen LogP contribution is -2.19. The van der Waals surface area contributed by atoms with E-state index in [9.17, 15) is 9.59 Å². The van der Waals surface area contributed by atoms with E-state index in [2.05, 4.69) is 15.8 Å². The fourth-order valence-electron chi connectivity index (χ4n) is 2.30. The number of nitrogens with one attached hydrogen (secondary N) is 2. The number of carbonyl (C=O) groups excluding carboxylic acids is 2. The zero-order valence-electron chi connectivity index (χ0n) is 13.6. The van der Waals surface area contributed by atoms with Crippen molar-refractivity contribution in [2.24, 2.45) is 0 Å². The summed E-state index contributed by atoms with van der Waals surface area (Å²) >= 11 is 0. The third-order valence-corrected chi connectivity index (χ3v) is 3.66. The van der Waals surface area contributed by atoms with Crippen LogP contribution >= 0.6 is 0 Å². The van der Waals surface area contributed by atoms with Gasteiger partial charge in [0.1, 0.15) is 5.76 Å². The molecule has 2 N–H and O–H groups in total. The molecule has 122 valence electrons. The van der Waals surface area contributed by atoms with Gasteiger partial charge in [0.2, 0.25) is 11.8 Å². The Kier molecular flexibility index (Phi) is 5.51. The van der Waals surface area contributed by atoms with E-state index in [1.807, 2.05) is 26.0 Å². The lowest BCUT2D eigenvalue weighted by molar-refractivity contribution is -0.120. The molecular weight excluding hydrogens is 294 g/mol. The molecule has 0 fully saturated rings. The molecular formula is C17H21N3O3. The Morgan fingerprint density at radius 1 is 1.13 bits per heavy atom. The predicted octanol–water partition coefficient (Wildman–Crippen LogP) is 2.15. The maximum atomic E-state index is 12.0. The number of aromatic nitrogens is 1. The van der Waals surface area contributed by atoms with Crippen molar-refractivity contribution in [1.29, 1.82) is 0 Å². The summed E-state index contributed by atoms with van der Waals surface area (Å²) in [4.78, 5) is 23.3. The van der Waals surface area contributed by atoms with E-state index in [0.717, 1.165) is 28.3 Å². The molecule has 6 nitrogen and oxygen atoms in total. The largest absolute Gasteiger partial charge is 0.361 e. The molecule has 1 aromatic carbocycles. The van der Waals surface area contributed by atoms with Crippen LogP contribution in [0.3, 0.4) is 0 Å². The molecule has 0 aliphatic carbocycles. The van der Waals surface area contributed by atoms with Crippen molar-refractivity contribution < 1.29 is 14.1 Å². The van der Waals surface area contributed by atoms with E-state index >= 15 is 0 Å². The van der Waals surface area contributed by atoms with Crippen LogP contribution < -0.4 is 10.6 Å². The molecule has 0 spiro atoms. The summed E-state index contributed by atoms with van der Waals surface area (Å²) in [6, 6.07) is 7.26. The normalized spacial score (nSPS) is 10.4. The van der Waals surface area contributed by atoms with Crippen LogP contribution in [0.2, 0.25) is 0 Å². The number of nitrogens with zero attached hydrogens (tertiary/aromatic N) is 1. The molecule has 0 aliphatic rings. The highest BCUT2D eigenvalue weighted by Crippen LogP contribution is 2.15. The van der Waals surface area contributed by atoms with Crippen LogP contribution in [-0.2, 0) is 22.4 Å². The van der Waals surface area contributed by atoms with Gasteiger partial charge in [-0.25, -0.2) is 0 Å². The zero-order chi connectivity index (χ0) is 16.8. The quantitative estimate of drug-likeness (QED) is 0.855. The van der Waals surface area contributed by atoms with Crippen LogP contribution in [0.5, 0.6) is 0 Å². The summed E-state index contributed by atoms with van der Waals surface area (Å²) in [6.45, 7) is 3.72.